The van der Waals surface area contributed by atoms with Gasteiger partial charge in [0.15, 0.2) is 0 Å². The maximum absolute atomic E-state index is 5.95. The van der Waals surface area contributed by atoms with Gasteiger partial charge in [-0.15, -0.1) is 0 Å². The molecule has 0 bridgehead atoms. The number of nitrogens with one attached hydrogen (secondary N) is 1. The van der Waals surface area contributed by atoms with Crippen molar-refractivity contribution in [1.82, 2.24) is 14.2 Å². The summed E-state index contributed by atoms with van der Waals surface area (Å²) in [6, 6.07) is 2.11. The summed E-state index contributed by atoms with van der Waals surface area (Å²) < 4.78 is 6.34. The molecule has 0 aromatic carbocycles. The largest absolute Gasteiger partial charge is 0.383 e. The highest BCUT2D eigenvalue weighted by atomic mass is 32.1. The van der Waals surface area contributed by atoms with Crippen LogP contribution in [0.15, 0.2) is 6.07 Å². The van der Waals surface area contributed by atoms with Gasteiger partial charge in [0.25, 0.3) is 0 Å². The maximum Gasteiger partial charge on any atom is 0.142 e. The van der Waals surface area contributed by atoms with E-state index in [1.165, 1.54) is 40.6 Å². The highest BCUT2D eigenvalue weighted by Gasteiger charge is 2.30. The van der Waals surface area contributed by atoms with Crippen molar-refractivity contribution in [2.24, 2.45) is 0 Å². The zero-order valence-corrected chi connectivity index (χ0v) is 12.8. The molecule has 108 valence electrons. The normalized spacial score (nSPS) is 14.7. The van der Waals surface area contributed by atoms with Crippen LogP contribution in [0.5, 0.6) is 0 Å². The summed E-state index contributed by atoms with van der Waals surface area (Å²) >= 11 is 1.49. The number of nitrogens with two attached hydrogens (primary N) is 1. The maximum atomic E-state index is 5.95. The predicted octanol–water partition coefficient (Wildman–Crippen LogP) is 2.92. The van der Waals surface area contributed by atoms with Gasteiger partial charge >= 0.3 is 0 Å². The van der Waals surface area contributed by atoms with Crippen molar-refractivity contribution in [3.8, 4) is 0 Å². The fraction of sp³-hybridized carbons (Fsp3) is 0.571. The second kappa shape index (κ2) is 5.44. The molecule has 0 atom stereocenters. The molecule has 3 N–H and O–H groups in total. The van der Waals surface area contributed by atoms with Gasteiger partial charge in [0.2, 0.25) is 0 Å². The predicted molar refractivity (Wildman–Crippen MR) is 83.3 cm³/mol. The summed E-state index contributed by atoms with van der Waals surface area (Å²) in [5.41, 5.74) is 9.51. The van der Waals surface area contributed by atoms with Crippen molar-refractivity contribution >= 4 is 22.4 Å². The Balaban J connectivity index is 1.52. The number of aromatic nitrogens is 3. The van der Waals surface area contributed by atoms with Crippen LogP contribution in [-0.2, 0) is 6.54 Å². The molecule has 6 heteroatoms. The van der Waals surface area contributed by atoms with Crippen LogP contribution >= 0.6 is 11.5 Å². The van der Waals surface area contributed by atoms with Crippen LogP contribution in [0.2, 0.25) is 0 Å². The van der Waals surface area contributed by atoms with E-state index in [-0.39, 0.29) is 0 Å². The van der Waals surface area contributed by atoms with Crippen molar-refractivity contribution in [2.45, 2.75) is 45.6 Å². The van der Waals surface area contributed by atoms with Crippen LogP contribution in [0.1, 0.15) is 42.1 Å². The van der Waals surface area contributed by atoms with Crippen LogP contribution in [0.25, 0.3) is 0 Å². The van der Waals surface area contributed by atoms with Crippen LogP contribution in [0, 0.1) is 13.8 Å². The molecule has 0 radical (unpaired) electrons. The minimum Gasteiger partial charge on any atom is -0.383 e. The van der Waals surface area contributed by atoms with Crippen LogP contribution in [0.3, 0.4) is 0 Å². The topological polar surface area (TPSA) is 68.8 Å². The van der Waals surface area contributed by atoms with Gasteiger partial charge < -0.3 is 11.1 Å². The Kier molecular flexibility index (Phi) is 3.65. The van der Waals surface area contributed by atoms with Crippen molar-refractivity contribution < 1.29 is 0 Å². The summed E-state index contributed by atoms with van der Waals surface area (Å²) in [4.78, 5) is 0. The lowest BCUT2D eigenvalue weighted by molar-refractivity contribution is 0.574. The molecule has 0 amide bonds. The molecule has 5 nitrogen and oxygen atoms in total. The van der Waals surface area contributed by atoms with Gasteiger partial charge in [-0.05, 0) is 56.6 Å². The Morgan fingerprint density at radius 2 is 2.25 bits per heavy atom. The summed E-state index contributed by atoms with van der Waals surface area (Å²) in [6.07, 6.45) is 3.55. The van der Waals surface area contributed by atoms with E-state index in [4.69, 9.17) is 5.73 Å². The molecule has 1 aliphatic carbocycles. The molecule has 2 aromatic rings. The van der Waals surface area contributed by atoms with Crippen LogP contribution in [-0.4, -0.2) is 20.7 Å². The lowest BCUT2D eigenvalue weighted by Gasteiger charge is -2.07. The van der Waals surface area contributed by atoms with Gasteiger partial charge in [-0.3, -0.25) is 4.68 Å². The average Bonchev–Trinajstić information content (AvgIpc) is 3.09. The molecule has 2 aromatic heterocycles. The first kappa shape index (κ1) is 13.4. The SMILES string of the molecule is Cc1cc(C)n(CCCNc2snc(N)c2C2CC2)n1. The molecular weight excluding hydrogens is 270 g/mol. The molecule has 1 aliphatic rings. The smallest absolute Gasteiger partial charge is 0.142 e. The Bertz CT molecular complexity index is 597. The second-order valence-electron chi connectivity index (χ2n) is 5.52. The first-order valence-electron chi connectivity index (χ1n) is 7.15. The summed E-state index contributed by atoms with van der Waals surface area (Å²) in [6.45, 7) is 6.01. The minimum absolute atomic E-state index is 0.646. The van der Waals surface area contributed by atoms with Gasteiger partial charge in [-0.25, -0.2) is 0 Å². The lowest BCUT2D eigenvalue weighted by Crippen LogP contribution is -2.09. The first-order chi connectivity index (χ1) is 9.65. The van der Waals surface area contributed by atoms with E-state index in [9.17, 15) is 0 Å². The van der Waals surface area contributed by atoms with Crippen LogP contribution in [0.4, 0.5) is 10.8 Å². The fourth-order valence-corrected chi connectivity index (χ4v) is 3.36. The third kappa shape index (κ3) is 2.80. The highest BCUT2D eigenvalue weighted by Crippen LogP contribution is 2.47. The van der Waals surface area contributed by atoms with Crippen molar-refractivity contribution in [2.75, 3.05) is 17.6 Å². The first-order valence-corrected chi connectivity index (χ1v) is 7.92. The van der Waals surface area contributed by atoms with Gasteiger partial charge in [-0.1, -0.05) is 0 Å². The lowest BCUT2D eigenvalue weighted by atomic mass is 10.2. The zero-order valence-electron chi connectivity index (χ0n) is 12.0. The molecule has 3 rings (SSSR count). The monoisotopic (exact) mass is 291 g/mol. The van der Waals surface area contributed by atoms with E-state index < -0.39 is 0 Å². The number of nitrogen functional groups attached to an aromatic ring is 1. The standard InChI is InChI=1S/C14H21N5S/c1-9-8-10(2)19(17-9)7-3-6-16-14-12(11-4-5-11)13(15)18-20-14/h8,11,16H,3-7H2,1-2H3,(H2,15,18). The molecule has 0 unspecified atom stereocenters. The van der Waals surface area contributed by atoms with Crippen molar-refractivity contribution in [3.05, 3.63) is 23.0 Å². The highest BCUT2D eigenvalue weighted by molar-refractivity contribution is 7.10. The van der Waals surface area contributed by atoms with E-state index in [0.29, 0.717) is 5.92 Å². The molecular formula is C14H21N5S. The average molecular weight is 291 g/mol. The van der Waals surface area contributed by atoms with Crippen molar-refractivity contribution in [1.29, 1.82) is 0 Å². The number of hydrogen-bond acceptors (Lipinski definition) is 5. The Morgan fingerprint density at radius 3 is 2.90 bits per heavy atom. The quantitative estimate of drug-likeness (QED) is 0.803. The van der Waals surface area contributed by atoms with E-state index in [2.05, 4.69) is 32.5 Å². The van der Waals surface area contributed by atoms with E-state index in [1.807, 2.05) is 6.92 Å². The fourth-order valence-electron chi connectivity index (χ4n) is 2.54. The summed E-state index contributed by atoms with van der Waals surface area (Å²) in [7, 11) is 0. The third-order valence-electron chi connectivity index (χ3n) is 3.68. The Hall–Kier alpha value is -1.56. The van der Waals surface area contributed by atoms with Crippen molar-refractivity contribution in [3.63, 3.8) is 0 Å². The Morgan fingerprint density at radius 1 is 1.45 bits per heavy atom. The third-order valence-corrected chi connectivity index (χ3v) is 4.51. The summed E-state index contributed by atoms with van der Waals surface area (Å²) in [5, 5.41) is 9.13. The van der Waals surface area contributed by atoms with E-state index >= 15 is 0 Å². The van der Waals surface area contributed by atoms with E-state index in [0.717, 1.165) is 31.0 Å². The molecule has 0 spiro atoms. The van der Waals surface area contributed by atoms with E-state index in [1.54, 1.807) is 0 Å². The molecule has 0 saturated heterocycles. The molecule has 0 aliphatic heterocycles. The number of hydrogen-bond donors (Lipinski definition) is 2. The molecule has 2 heterocycles. The molecule has 1 fully saturated rings. The number of rotatable bonds is 6. The van der Waals surface area contributed by atoms with Crippen LogP contribution < -0.4 is 11.1 Å². The van der Waals surface area contributed by atoms with Gasteiger partial charge in [0, 0.05) is 24.3 Å². The Labute approximate surface area is 123 Å². The van der Waals surface area contributed by atoms with Gasteiger partial charge in [0.05, 0.1) is 5.69 Å². The molecule has 1 saturated carbocycles. The molecule has 20 heavy (non-hydrogen) atoms. The zero-order chi connectivity index (χ0) is 14.1. The minimum atomic E-state index is 0.646. The van der Waals surface area contributed by atoms with Gasteiger partial charge in [0.1, 0.15) is 10.8 Å². The second-order valence-corrected chi connectivity index (χ2v) is 6.29. The number of anilines is 2. The van der Waals surface area contributed by atoms with Gasteiger partial charge in [-0.2, -0.15) is 9.47 Å². The number of nitrogens with zero attached hydrogens (tertiary/aromatic N) is 3. The number of aryl methyl sites for hydroxylation is 3. The summed E-state index contributed by atoms with van der Waals surface area (Å²) in [5.74, 6) is 1.37.